The van der Waals surface area contributed by atoms with Crippen LogP contribution in [0, 0.1) is 0 Å². The van der Waals surface area contributed by atoms with E-state index in [9.17, 15) is 4.79 Å². The van der Waals surface area contributed by atoms with Crippen molar-refractivity contribution < 1.29 is 4.79 Å². The van der Waals surface area contributed by atoms with Crippen molar-refractivity contribution in [2.24, 2.45) is 0 Å². The zero-order chi connectivity index (χ0) is 12.4. The van der Waals surface area contributed by atoms with E-state index in [4.69, 9.17) is 0 Å². The van der Waals surface area contributed by atoms with Crippen molar-refractivity contribution in [3.05, 3.63) is 47.9 Å². The lowest BCUT2D eigenvalue weighted by Crippen LogP contribution is -2.14. The summed E-state index contributed by atoms with van der Waals surface area (Å²) >= 11 is 1.36. The molecule has 0 saturated heterocycles. The molecule has 0 radical (unpaired) electrons. The van der Waals surface area contributed by atoms with Gasteiger partial charge in [-0.2, -0.15) is 0 Å². The molecule has 0 unspecified atom stereocenters. The summed E-state index contributed by atoms with van der Waals surface area (Å²) in [4.78, 5) is 24.3. The molecule has 0 aliphatic carbocycles. The lowest BCUT2D eigenvalue weighted by Gasteiger charge is -2.03. The van der Waals surface area contributed by atoms with Gasteiger partial charge in [0.1, 0.15) is 12.0 Å². The predicted molar refractivity (Wildman–Crippen MR) is 69.6 cm³/mol. The molecule has 0 bridgehead atoms. The first-order valence-corrected chi connectivity index (χ1v) is 6.13. The maximum absolute atomic E-state index is 12.1. The Bertz CT molecular complexity index is 691. The lowest BCUT2D eigenvalue weighted by atomic mass is 10.2. The molecule has 0 atom stereocenters. The molecular formula is C12H8N4OS. The highest BCUT2D eigenvalue weighted by Gasteiger charge is 2.12. The van der Waals surface area contributed by atoms with Crippen LogP contribution in [-0.4, -0.2) is 20.9 Å². The Hall–Kier alpha value is -2.34. The van der Waals surface area contributed by atoms with Gasteiger partial charge in [-0.15, -0.1) is 11.3 Å². The number of nitrogens with zero attached hydrogens (tertiary/aromatic N) is 3. The van der Waals surface area contributed by atoms with Crippen LogP contribution in [0.1, 0.15) is 10.5 Å². The number of anilines is 1. The van der Waals surface area contributed by atoms with Crippen LogP contribution in [0.25, 0.3) is 10.9 Å². The predicted octanol–water partition coefficient (Wildman–Crippen LogP) is 2.34. The smallest absolute Gasteiger partial charge is 0.276 e. The van der Waals surface area contributed by atoms with Gasteiger partial charge in [0.15, 0.2) is 5.13 Å². The average molecular weight is 256 g/mol. The van der Waals surface area contributed by atoms with Crippen LogP contribution >= 0.6 is 11.3 Å². The molecular weight excluding hydrogens is 248 g/mol. The summed E-state index contributed by atoms with van der Waals surface area (Å²) in [5.74, 6) is -0.274. The van der Waals surface area contributed by atoms with Gasteiger partial charge in [0.05, 0.1) is 5.52 Å². The second-order valence-corrected chi connectivity index (χ2v) is 4.43. The minimum atomic E-state index is -0.274. The van der Waals surface area contributed by atoms with E-state index in [1.807, 2.05) is 24.3 Å². The first kappa shape index (κ1) is 10.8. The van der Waals surface area contributed by atoms with Crippen molar-refractivity contribution in [1.29, 1.82) is 0 Å². The van der Waals surface area contributed by atoms with E-state index in [-0.39, 0.29) is 5.91 Å². The van der Waals surface area contributed by atoms with Gasteiger partial charge in [-0.1, -0.05) is 18.2 Å². The Kier molecular flexibility index (Phi) is 2.70. The van der Waals surface area contributed by atoms with Gasteiger partial charge in [0, 0.05) is 17.0 Å². The fraction of sp³-hybridized carbons (Fsp3) is 0. The molecule has 3 rings (SSSR count). The molecule has 3 aromatic rings. The van der Waals surface area contributed by atoms with E-state index in [1.165, 1.54) is 17.7 Å². The van der Waals surface area contributed by atoms with E-state index in [2.05, 4.69) is 20.3 Å². The molecule has 1 N–H and O–H groups in total. The third-order valence-electron chi connectivity index (χ3n) is 2.41. The largest absolute Gasteiger partial charge is 0.296 e. The summed E-state index contributed by atoms with van der Waals surface area (Å²) in [6, 6.07) is 7.40. The zero-order valence-corrected chi connectivity index (χ0v) is 10.0. The van der Waals surface area contributed by atoms with Crippen molar-refractivity contribution in [3.8, 4) is 0 Å². The van der Waals surface area contributed by atoms with Crippen molar-refractivity contribution in [3.63, 3.8) is 0 Å². The Labute approximate surface area is 107 Å². The van der Waals surface area contributed by atoms with Gasteiger partial charge < -0.3 is 0 Å². The number of amides is 1. The quantitative estimate of drug-likeness (QED) is 0.764. The Morgan fingerprint density at radius 3 is 2.89 bits per heavy atom. The standard InChI is InChI=1S/C12H8N4OS/c17-11(16-12-13-5-6-18-12)10-8-3-1-2-4-9(8)14-7-15-10/h1-7H,(H,13,16,17). The molecule has 0 saturated carbocycles. The summed E-state index contributed by atoms with van der Waals surface area (Å²) < 4.78 is 0. The molecule has 88 valence electrons. The number of carbonyl (C=O) groups excluding carboxylic acids is 1. The summed E-state index contributed by atoms with van der Waals surface area (Å²) in [6.45, 7) is 0. The molecule has 2 aromatic heterocycles. The number of para-hydroxylation sites is 1. The van der Waals surface area contributed by atoms with Crippen molar-refractivity contribution in [1.82, 2.24) is 15.0 Å². The molecule has 1 aromatic carbocycles. The summed E-state index contributed by atoms with van der Waals surface area (Å²) in [5.41, 5.74) is 1.10. The number of hydrogen-bond donors (Lipinski definition) is 1. The van der Waals surface area contributed by atoms with Crippen LogP contribution < -0.4 is 5.32 Å². The van der Waals surface area contributed by atoms with Gasteiger partial charge in [-0.3, -0.25) is 10.1 Å². The maximum atomic E-state index is 12.1. The zero-order valence-electron chi connectivity index (χ0n) is 9.20. The molecule has 2 heterocycles. The molecule has 6 heteroatoms. The topological polar surface area (TPSA) is 67.8 Å². The van der Waals surface area contributed by atoms with Gasteiger partial charge in [0.25, 0.3) is 5.91 Å². The second kappa shape index (κ2) is 4.50. The molecule has 18 heavy (non-hydrogen) atoms. The first-order chi connectivity index (χ1) is 8.84. The van der Waals surface area contributed by atoms with Gasteiger partial charge in [-0.25, -0.2) is 15.0 Å². The summed E-state index contributed by atoms with van der Waals surface area (Å²) in [6.07, 6.45) is 3.03. The molecule has 0 spiro atoms. The second-order valence-electron chi connectivity index (χ2n) is 3.53. The van der Waals surface area contributed by atoms with E-state index in [0.717, 1.165) is 10.9 Å². The minimum Gasteiger partial charge on any atom is -0.296 e. The van der Waals surface area contributed by atoms with Crippen LogP contribution in [0.3, 0.4) is 0 Å². The van der Waals surface area contributed by atoms with Crippen LogP contribution in [0.4, 0.5) is 5.13 Å². The fourth-order valence-electron chi connectivity index (χ4n) is 1.63. The van der Waals surface area contributed by atoms with Crippen LogP contribution in [0.15, 0.2) is 42.2 Å². The summed E-state index contributed by atoms with van der Waals surface area (Å²) in [5, 5.41) is 5.80. The maximum Gasteiger partial charge on any atom is 0.276 e. The average Bonchev–Trinajstić information content (AvgIpc) is 2.91. The molecule has 0 fully saturated rings. The highest BCUT2D eigenvalue weighted by atomic mass is 32.1. The molecule has 5 nitrogen and oxygen atoms in total. The highest BCUT2D eigenvalue weighted by molar-refractivity contribution is 7.13. The Morgan fingerprint density at radius 2 is 2.06 bits per heavy atom. The number of fused-ring (bicyclic) bond motifs is 1. The third kappa shape index (κ3) is 1.93. The van der Waals surface area contributed by atoms with E-state index >= 15 is 0 Å². The fourth-order valence-corrected chi connectivity index (χ4v) is 2.15. The van der Waals surface area contributed by atoms with Gasteiger partial charge >= 0.3 is 0 Å². The van der Waals surface area contributed by atoms with Gasteiger partial charge in [0.2, 0.25) is 0 Å². The van der Waals surface area contributed by atoms with Crippen molar-refractivity contribution >= 4 is 33.3 Å². The number of rotatable bonds is 2. The number of hydrogen-bond acceptors (Lipinski definition) is 5. The first-order valence-electron chi connectivity index (χ1n) is 5.25. The number of nitrogens with one attached hydrogen (secondary N) is 1. The number of thiazole rings is 1. The van der Waals surface area contributed by atoms with Gasteiger partial charge in [-0.05, 0) is 6.07 Å². The number of benzene rings is 1. The van der Waals surface area contributed by atoms with E-state index in [0.29, 0.717) is 10.8 Å². The van der Waals surface area contributed by atoms with Crippen LogP contribution in [0.5, 0.6) is 0 Å². The van der Waals surface area contributed by atoms with Crippen molar-refractivity contribution in [2.45, 2.75) is 0 Å². The van der Waals surface area contributed by atoms with E-state index < -0.39 is 0 Å². The minimum absolute atomic E-state index is 0.274. The summed E-state index contributed by atoms with van der Waals surface area (Å²) in [7, 11) is 0. The monoisotopic (exact) mass is 256 g/mol. The molecule has 0 aliphatic heterocycles. The number of aromatic nitrogens is 3. The number of carbonyl (C=O) groups is 1. The van der Waals surface area contributed by atoms with Crippen molar-refractivity contribution in [2.75, 3.05) is 5.32 Å². The van der Waals surface area contributed by atoms with Crippen LogP contribution in [0.2, 0.25) is 0 Å². The van der Waals surface area contributed by atoms with Crippen LogP contribution in [-0.2, 0) is 0 Å². The van der Waals surface area contributed by atoms with E-state index in [1.54, 1.807) is 11.6 Å². The highest BCUT2D eigenvalue weighted by Crippen LogP contribution is 2.16. The third-order valence-corrected chi connectivity index (χ3v) is 3.10. The normalized spacial score (nSPS) is 10.4. The molecule has 0 aliphatic rings. The SMILES string of the molecule is O=C(Nc1nccs1)c1ncnc2ccccc12. The Balaban J connectivity index is 2.01. The lowest BCUT2D eigenvalue weighted by molar-refractivity contribution is 0.102. The molecule has 1 amide bonds. The Morgan fingerprint density at radius 1 is 1.17 bits per heavy atom.